The second-order valence-electron chi connectivity index (χ2n) is 5.20. The van der Waals surface area contributed by atoms with Crippen molar-refractivity contribution in [3.63, 3.8) is 0 Å². The second-order valence-corrected chi connectivity index (χ2v) is 5.20. The third kappa shape index (κ3) is 3.21. The fourth-order valence-corrected chi connectivity index (χ4v) is 2.58. The Morgan fingerprint density at radius 2 is 1.81 bits per heavy atom. The van der Waals surface area contributed by atoms with Crippen molar-refractivity contribution in [1.82, 2.24) is 15.0 Å². The molecule has 0 amide bonds. The van der Waals surface area contributed by atoms with Crippen LogP contribution in [0.3, 0.4) is 0 Å². The Hall–Kier alpha value is -2.37. The van der Waals surface area contributed by atoms with Gasteiger partial charge in [-0.1, -0.05) is 18.9 Å². The van der Waals surface area contributed by atoms with Crippen LogP contribution in [0.15, 0.2) is 30.7 Å². The Bertz CT molecular complexity index is 578. The number of anilines is 4. The van der Waals surface area contributed by atoms with Gasteiger partial charge < -0.3 is 16.0 Å². The number of rotatable bonds is 3. The average molecular weight is 284 g/mol. The average Bonchev–Trinajstić information content (AvgIpc) is 2.80. The van der Waals surface area contributed by atoms with E-state index < -0.39 is 0 Å². The van der Waals surface area contributed by atoms with Crippen molar-refractivity contribution in [3.05, 3.63) is 30.7 Å². The highest BCUT2D eigenvalue weighted by atomic mass is 15.2. The van der Waals surface area contributed by atoms with Gasteiger partial charge in [0.25, 0.3) is 0 Å². The van der Waals surface area contributed by atoms with E-state index in [1.807, 2.05) is 18.2 Å². The highest BCUT2D eigenvalue weighted by Crippen LogP contribution is 2.29. The first-order valence-electron chi connectivity index (χ1n) is 7.38. The molecule has 0 aromatic carbocycles. The van der Waals surface area contributed by atoms with Crippen LogP contribution in [0.25, 0.3) is 0 Å². The molecule has 21 heavy (non-hydrogen) atoms. The molecule has 0 aliphatic carbocycles. The highest BCUT2D eigenvalue weighted by Gasteiger charge is 2.16. The Morgan fingerprint density at radius 1 is 1.00 bits per heavy atom. The van der Waals surface area contributed by atoms with Gasteiger partial charge >= 0.3 is 0 Å². The highest BCUT2D eigenvalue weighted by molar-refractivity contribution is 5.77. The van der Waals surface area contributed by atoms with E-state index in [-0.39, 0.29) is 0 Å². The zero-order valence-corrected chi connectivity index (χ0v) is 12.0. The summed E-state index contributed by atoms with van der Waals surface area (Å²) in [5, 5.41) is 3.15. The van der Waals surface area contributed by atoms with E-state index >= 15 is 0 Å². The second kappa shape index (κ2) is 6.39. The number of nitrogens with two attached hydrogens (primary N) is 1. The summed E-state index contributed by atoms with van der Waals surface area (Å²) in [7, 11) is 0. The van der Waals surface area contributed by atoms with Gasteiger partial charge in [0, 0.05) is 19.3 Å². The minimum Gasteiger partial charge on any atom is -0.393 e. The smallest absolute Gasteiger partial charge is 0.160 e. The Morgan fingerprint density at radius 3 is 2.52 bits per heavy atom. The summed E-state index contributed by atoms with van der Waals surface area (Å²) in [6.07, 6.45) is 8.22. The maximum atomic E-state index is 6.26. The van der Waals surface area contributed by atoms with E-state index in [0.29, 0.717) is 11.5 Å². The van der Waals surface area contributed by atoms with Crippen LogP contribution in [0.1, 0.15) is 25.7 Å². The summed E-state index contributed by atoms with van der Waals surface area (Å²) in [5.74, 6) is 2.16. The van der Waals surface area contributed by atoms with Crippen LogP contribution in [0.5, 0.6) is 0 Å². The first kappa shape index (κ1) is 13.6. The third-order valence-corrected chi connectivity index (χ3v) is 3.68. The number of aromatic nitrogens is 3. The fraction of sp³-hybridized carbons (Fsp3) is 0.400. The monoisotopic (exact) mass is 284 g/mol. The van der Waals surface area contributed by atoms with Crippen molar-refractivity contribution in [2.24, 2.45) is 0 Å². The molecule has 2 aromatic rings. The molecule has 2 aromatic heterocycles. The lowest BCUT2D eigenvalue weighted by atomic mass is 10.2. The standard InChI is InChI=1S/C15H20N6/c16-13-14(20-12-7-3-4-8-17-12)18-11-19-15(13)21-9-5-1-2-6-10-21/h3-4,7-8,11H,1-2,5-6,9-10,16H2,(H,17,18,19,20). The fourth-order valence-electron chi connectivity index (χ4n) is 2.58. The Balaban J connectivity index is 1.84. The maximum Gasteiger partial charge on any atom is 0.160 e. The van der Waals surface area contributed by atoms with Gasteiger partial charge in [0.05, 0.1) is 0 Å². The van der Waals surface area contributed by atoms with Gasteiger partial charge in [-0.2, -0.15) is 0 Å². The zero-order chi connectivity index (χ0) is 14.5. The first-order valence-corrected chi connectivity index (χ1v) is 7.38. The molecule has 0 saturated carbocycles. The summed E-state index contributed by atoms with van der Waals surface area (Å²) in [4.78, 5) is 15.1. The van der Waals surface area contributed by atoms with Crippen LogP contribution < -0.4 is 16.0 Å². The van der Waals surface area contributed by atoms with Gasteiger partial charge in [0.2, 0.25) is 0 Å². The minimum atomic E-state index is 0.588. The van der Waals surface area contributed by atoms with E-state index in [1.54, 1.807) is 12.5 Å². The van der Waals surface area contributed by atoms with E-state index in [0.717, 1.165) is 24.7 Å². The molecule has 0 unspecified atom stereocenters. The number of nitrogens with zero attached hydrogens (tertiary/aromatic N) is 4. The number of hydrogen-bond acceptors (Lipinski definition) is 6. The van der Waals surface area contributed by atoms with E-state index in [1.165, 1.54) is 25.7 Å². The molecule has 0 radical (unpaired) electrons. The van der Waals surface area contributed by atoms with Crippen LogP contribution in [0.4, 0.5) is 23.1 Å². The molecule has 6 nitrogen and oxygen atoms in total. The number of hydrogen-bond donors (Lipinski definition) is 2. The van der Waals surface area contributed by atoms with E-state index in [9.17, 15) is 0 Å². The van der Waals surface area contributed by atoms with E-state index in [2.05, 4.69) is 25.2 Å². The molecule has 3 heterocycles. The van der Waals surface area contributed by atoms with Crippen molar-refractivity contribution >= 4 is 23.1 Å². The van der Waals surface area contributed by atoms with Crippen molar-refractivity contribution in [1.29, 1.82) is 0 Å². The van der Waals surface area contributed by atoms with Crippen molar-refractivity contribution in [2.75, 3.05) is 29.0 Å². The molecule has 0 atom stereocenters. The molecule has 1 saturated heterocycles. The lowest BCUT2D eigenvalue weighted by Gasteiger charge is -2.23. The molecule has 0 bridgehead atoms. The van der Waals surface area contributed by atoms with Gasteiger partial charge in [-0.05, 0) is 25.0 Å². The molecule has 0 spiro atoms. The predicted molar refractivity (Wildman–Crippen MR) is 84.6 cm³/mol. The van der Waals surface area contributed by atoms with Crippen LogP contribution in [-0.4, -0.2) is 28.0 Å². The molecule has 1 aliphatic rings. The SMILES string of the molecule is Nc1c(Nc2ccccn2)ncnc1N1CCCCCC1. The summed E-state index contributed by atoms with van der Waals surface area (Å²) in [6, 6.07) is 5.67. The van der Waals surface area contributed by atoms with E-state index in [4.69, 9.17) is 5.73 Å². The predicted octanol–water partition coefficient (Wildman–Crippen LogP) is 2.58. The molecule has 3 rings (SSSR count). The molecule has 110 valence electrons. The quantitative estimate of drug-likeness (QED) is 0.901. The first-order chi connectivity index (χ1) is 10.3. The zero-order valence-electron chi connectivity index (χ0n) is 12.0. The Kier molecular flexibility index (Phi) is 4.14. The third-order valence-electron chi connectivity index (χ3n) is 3.68. The maximum absolute atomic E-state index is 6.26. The summed E-state index contributed by atoms with van der Waals surface area (Å²) in [5.41, 5.74) is 6.84. The van der Waals surface area contributed by atoms with Crippen molar-refractivity contribution in [2.45, 2.75) is 25.7 Å². The van der Waals surface area contributed by atoms with Crippen molar-refractivity contribution in [3.8, 4) is 0 Å². The topological polar surface area (TPSA) is 80.0 Å². The molecule has 1 aliphatic heterocycles. The van der Waals surface area contributed by atoms with Crippen LogP contribution >= 0.6 is 0 Å². The summed E-state index contributed by atoms with van der Waals surface area (Å²) >= 11 is 0. The van der Waals surface area contributed by atoms with Crippen LogP contribution in [0.2, 0.25) is 0 Å². The largest absolute Gasteiger partial charge is 0.393 e. The molecule has 1 fully saturated rings. The molecule has 3 N–H and O–H groups in total. The molecular weight excluding hydrogens is 264 g/mol. The lowest BCUT2D eigenvalue weighted by molar-refractivity contribution is 0.726. The molecule has 6 heteroatoms. The van der Waals surface area contributed by atoms with Gasteiger partial charge in [-0.3, -0.25) is 0 Å². The Labute approximate surface area is 124 Å². The lowest BCUT2D eigenvalue weighted by Crippen LogP contribution is -2.26. The van der Waals surface area contributed by atoms with Gasteiger partial charge in [0.15, 0.2) is 11.6 Å². The number of nitrogens with one attached hydrogen (secondary N) is 1. The van der Waals surface area contributed by atoms with Crippen LogP contribution in [0, 0.1) is 0 Å². The minimum absolute atomic E-state index is 0.588. The summed E-state index contributed by atoms with van der Waals surface area (Å²) in [6.45, 7) is 2.01. The number of nitrogen functional groups attached to an aromatic ring is 1. The normalized spacial score (nSPS) is 15.5. The van der Waals surface area contributed by atoms with Crippen LogP contribution in [-0.2, 0) is 0 Å². The van der Waals surface area contributed by atoms with Gasteiger partial charge in [-0.25, -0.2) is 15.0 Å². The summed E-state index contributed by atoms with van der Waals surface area (Å²) < 4.78 is 0. The molecular formula is C15H20N6. The van der Waals surface area contributed by atoms with Gasteiger partial charge in [0.1, 0.15) is 17.8 Å². The number of pyridine rings is 1. The van der Waals surface area contributed by atoms with Crippen molar-refractivity contribution < 1.29 is 0 Å². The van der Waals surface area contributed by atoms with Gasteiger partial charge in [-0.15, -0.1) is 0 Å².